The van der Waals surface area contributed by atoms with Gasteiger partial charge in [-0.3, -0.25) is 23.6 Å². The van der Waals surface area contributed by atoms with Crippen LogP contribution >= 0.6 is 0 Å². The number of carboxylic acid groups (broad SMARTS) is 1. The standard InChI is InChI=1S/C19H26N6O3.CH2O2/c1-12-10-13(2)25(19(28)21-12)11-17(26)23-8-9-24(15(4)14(23)3)18(27)16-6-7-20-22(16)5;2-1-3/h6-7,10,14-15H,8-9,11H2,1-5H3;1H,(H,2,3)/t14-,15-;/m1./s1. The van der Waals surface area contributed by atoms with Gasteiger partial charge in [-0.2, -0.15) is 10.1 Å². The molecule has 0 unspecified atom stereocenters. The van der Waals surface area contributed by atoms with E-state index in [9.17, 15) is 14.4 Å². The molecule has 0 aromatic carbocycles. The molecule has 2 aromatic heterocycles. The van der Waals surface area contributed by atoms with Gasteiger partial charge in [0.05, 0.1) is 0 Å². The second-order valence-corrected chi connectivity index (χ2v) is 7.42. The average Bonchev–Trinajstić information content (AvgIpc) is 3.12. The lowest BCUT2D eigenvalue weighted by Gasteiger charge is -2.45. The lowest BCUT2D eigenvalue weighted by atomic mass is 10.0. The van der Waals surface area contributed by atoms with Gasteiger partial charge in [-0.05, 0) is 39.8 Å². The maximum absolute atomic E-state index is 12.9. The van der Waals surface area contributed by atoms with Gasteiger partial charge < -0.3 is 14.9 Å². The first-order valence-electron chi connectivity index (χ1n) is 9.83. The Kier molecular flexibility index (Phi) is 7.67. The summed E-state index contributed by atoms with van der Waals surface area (Å²) in [5.41, 5.74) is 1.44. The monoisotopic (exact) mass is 432 g/mol. The Morgan fingerprint density at radius 2 is 1.77 bits per heavy atom. The number of nitrogens with zero attached hydrogens (tertiary/aromatic N) is 6. The minimum atomic E-state index is -0.420. The van der Waals surface area contributed by atoms with E-state index in [2.05, 4.69) is 10.1 Å². The number of hydrogen-bond donors (Lipinski definition) is 1. The van der Waals surface area contributed by atoms with E-state index >= 15 is 0 Å². The fourth-order valence-corrected chi connectivity index (χ4v) is 3.71. The molecule has 1 saturated heterocycles. The van der Waals surface area contributed by atoms with Crippen molar-refractivity contribution in [2.24, 2.45) is 7.05 Å². The smallest absolute Gasteiger partial charge is 0.348 e. The third-order valence-electron chi connectivity index (χ3n) is 5.52. The predicted octanol–water partition coefficient (Wildman–Crippen LogP) is 0.0560. The summed E-state index contributed by atoms with van der Waals surface area (Å²) in [4.78, 5) is 53.7. The van der Waals surface area contributed by atoms with Crippen LogP contribution in [0.4, 0.5) is 0 Å². The molecular weight excluding hydrogens is 404 g/mol. The summed E-state index contributed by atoms with van der Waals surface area (Å²) in [6, 6.07) is 3.14. The van der Waals surface area contributed by atoms with Crippen LogP contribution in [-0.4, -0.2) is 77.7 Å². The number of amides is 2. The third-order valence-corrected chi connectivity index (χ3v) is 5.52. The Morgan fingerprint density at radius 3 is 2.32 bits per heavy atom. The van der Waals surface area contributed by atoms with Gasteiger partial charge >= 0.3 is 5.69 Å². The van der Waals surface area contributed by atoms with Crippen molar-refractivity contribution >= 4 is 18.3 Å². The first kappa shape index (κ1) is 23.8. The van der Waals surface area contributed by atoms with Crippen molar-refractivity contribution in [3.63, 3.8) is 0 Å². The largest absolute Gasteiger partial charge is 0.483 e. The van der Waals surface area contributed by atoms with Crippen LogP contribution in [0.5, 0.6) is 0 Å². The maximum atomic E-state index is 12.9. The SMILES string of the molecule is Cc1cc(C)n(CC(=O)N2CCN(C(=O)c3ccnn3C)[C@H](C)[C@H]2C)c(=O)n1.O=CO. The number of aryl methyl sites for hydroxylation is 3. The predicted molar refractivity (Wildman–Crippen MR) is 112 cm³/mol. The molecule has 1 fully saturated rings. The third kappa shape index (κ3) is 5.16. The van der Waals surface area contributed by atoms with E-state index in [1.54, 1.807) is 53.7 Å². The van der Waals surface area contributed by atoms with Crippen molar-refractivity contribution in [1.82, 2.24) is 29.1 Å². The fraction of sp³-hybridized carbons (Fsp3) is 0.500. The Morgan fingerprint density at radius 1 is 1.19 bits per heavy atom. The summed E-state index contributed by atoms with van der Waals surface area (Å²) in [6.45, 7) is 7.95. The van der Waals surface area contributed by atoms with Crippen molar-refractivity contribution in [2.75, 3.05) is 13.1 Å². The van der Waals surface area contributed by atoms with E-state index in [4.69, 9.17) is 9.90 Å². The minimum Gasteiger partial charge on any atom is -0.483 e. The number of carbonyl (C=O) groups excluding carboxylic acids is 2. The zero-order valence-electron chi connectivity index (χ0n) is 18.3. The van der Waals surface area contributed by atoms with E-state index in [1.807, 2.05) is 13.8 Å². The number of hydrogen-bond acceptors (Lipinski definition) is 6. The molecule has 0 radical (unpaired) electrons. The zero-order valence-corrected chi connectivity index (χ0v) is 18.3. The number of piperazine rings is 1. The van der Waals surface area contributed by atoms with Crippen LogP contribution in [0.25, 0.3) is 0 Å². The van der Waals surface area contributed by atoms with Crippen LogP contribution in [0.1, 0.15) is 35.7 Å². The van der Waals surface area contributed by atoms with Gasteiger partial charge in [0.15, 0.2) is 0 Å². The van der Waals surface area contributed by atoms with Crippen molar-refractivity contribution < 1.29 is 19.5 Å². The van der Waals surface area contributed by atoms with Gasteiger partial charge in [0.25, 0.3) is 12.4 Å². The molecule has 0 saturated carbocycles. The van der Waals surface area contributed by atoms with E-state index in [1.165, 1.54) is 4.57 Å². The molecule has 2 atom stereocenters. The summed E-state index contributed by atoms with van der Waals surface area (Å²) in [5, 5.41) is 10.9. The molecule has 0 bridgehead atoms. The van der Waals surface area contributed by atoms with Gasteiger partial charge in [0.1, 0.15) is 12.2 Å². The lowest BCUT2D eigenvalue weighted by Crippen LogP contribution is -2.61. The molecule has 31 heavy (non-hydrogen) atoms. The molecule has 1 N–H and O–H groups in total. The fourth-order valence-electron chi connectivity index (χ4n) is 3.71. The van der Waals surface area contributed by atoms with E-state index < -0.39 is 5.69 Å². The van der Waals surface area contributed by atoms with Crippen LogP contribution in [0.15, 0.2) is 23.1 Å². The van der Waals surface area contributed by atoms with Crippen LogP contribution in [0.2, 0.25) is 0 Å². The molecule has 11 heteroatoms. The maximum Gasteiger partial charge on any atom is 0.348 e. The molecule has 2 aromatic rings. The molecule has 1 aliphatic heterocycles. The Bertz CT molecular complexity index is 1010. The van der Waals surface area contributed by atoms with Gasteiger partial charge in [-0.15, -0.1) is 0 Å². The summed E-state index contributed by atoms with van der Waals surface area (Å²) in [7, 11) is 1.73. The first-order chi connectivity index (χ1) is 14.6. The summed E-state index contributed by atoms with van der Waals surface area (Å²) >= 11 is 0. The second kappa shape index (κ2) is 10.0. The normalized spacial score (nSPS) is 18.2. The lowest BCUT2D eigenvalue weighted by molar-refractivity contribution is -0.137. The summed E-state index contributed by atoms with van der Waals surface area (Å²) < 4.78 is 2.94. The highest BCUT2D eigenvalue weighted by Gasteiger charge is 2.36. The van der Waals surface area contributed by atoms with Crippen molar-refractivity contribution in [3.8, 4) is 0 Å². The highest BCUT2D eigenvalue weighted by molar-refractivity contribution is 5.93. The molecule has 0 aliphatic carbocycles. The molecule has 2 amide bonds. The topological polar surface area (TPSA) is 131 Å². The Hall–Kier alpha value is -3.50. The molecule has 0 spiro atoms. The molecule has 3 rings (SSSR count). The van der Waals surface area contributed by atoms with Crippen LogP contribution < -0.4 is 5.69 Å². The average molecular weight is 432 g/mol. The van der Waals surface area contributed by atoms with E-state index in [0.717, 1.165) is 0 Å². The number of aromatic nitrogens is 4. The van der Waals surface area contributed by atoms with Crippen molar-refractivity contribution in [3.05, 3.63) is 45.9 Å². The number of carbonyl (C=O) groups is 3. The Balaban J connectivity index is 0.00000107. The molecule has 168 valence electrons. The van der Waals surface area contributed by atoms with E-state index in [0.29, 0.717) is 30.2 Å². The van der Waals surface area contributed by atoms with Crippen molar-refractivity contribution in [2.45, 2.75) is 46.3 Å². The van der Waals surface area contributed by atoms with E-state index in [-0.39, 0.29) is 36.9 Å². The highest BCUT2D eigenvalue weighted by atomic mass is 16.3. The van der Waals surface area contributed by atoms with Crippen LogP contribution in [0, 0.1) is 13.8 Å². The molecule has 1 aliphatic rings. The molecule has 3 heterocycles. The van der Waals surface area contributed by atoms with Gasteiger partial charge in [-0.25, -0.2) is 4.79 Å². The van der Waals surface area contributed by atoms with Gasteiger partial charge in [0.2, 0.25) is 5.91 Å². The van der Waals surface area contributed by atoms with Crippen LogP contribution in [0.3, 0.4) is 0 Å². The quantitative estimate of drug-likeness (QED) is 0.679. The first-order valence-corrected chi connectivity index (χ1v) is 9.83. The molecule has 11 nitrogen and oxygen atoms in total. The second-order valence-electron chi connectivity index (χ2n) is 7.42. The summed E-state index contributed by atoms with van der Waals surface area (Å²) in [6.07, 6.45) is 1.59. The van der Waals surface area contributed by atoms with Gasteiger partial charge in [-0.1, -0.05) is 0 Å². The van der Waals surface area contributed by atoms with Gasteiger partial charge in [0, 0.05) is 49.8 Å². The van der Waals surface area contributed by atoms with Crippen LogP contribution in [-0.2, 0) is 23.2 Å². The number of rotatable bonds is 3. The molecular formula is C20H28N6O5. The highest BCUT2D eigenvalue weighted by Crippen LogP contribution is 2.20. The minimum absolute atomic E-state index is 0.0509. The summed E-state index contributed by atoms with van der Waals surface area (Å²) in [5.74, 6) is -0.246. The zero-order chi connectivity index (χ0) is 23.3. The van der Waals surface area contributed by atoms with Crippen molar-refractivity contribution in [1.29, 1.82) is 0 Å². The Labute approximate surface area is 179 Å².